The number of rotatable bonds is 3. The second kappa shape index (κ2) is 5.50. The van der Waals surface area contributed by atoms with Crippen molar-refractivity contribution in [2.24, 2.45) is 11.1 Å². The maximum atomic E-state index is 10.9. The van der Waals surface area contributed by atoms with E-state index < -0.39 is 12.1 Å². The average molecular weight is 250 g/mol. The number of carbonyl (C=O) groups is 1. The molecule has 18 heavy (non-hydrogen) atoms. The number of carbonyl (C=O) groups excluding carboxylic acids is 1. The van der Waals surface area contributed by atoms with Crippen LogP contribution in [0.15, 0.2) is 24.3 Å². The van der Waals surface area contributed by atoms with Gasteiger partial charge in [0.05, 0.1) is 12.1 Å². The van der Waals surface area contributed by atoms with Gasteiger partial charge in [-0.05, 0) is 23.1 Å². The minimum atomic E-state index is -0.621. The third-order valence-corrected chi connectivity index (χ3v) is 2.84. The zero-order chi connectivity index (χ0) is 13.9. The molecule has 0 radical (unpaired) electrons. The molecule has 0 aromatic heterocycles. The molecule has 0 aliphatic heterocycles. The first-order valence-corrected chi connectivity index (χ1v) is 6.03. The average Bonchev–Trinajstić information content (AvgIpc) is 2.26. The van der Waals surface area contributed by atoms with E-state index in [-0.39, 0.29) is 11.3 Å². The van der Waals surface area contributed by atoms with E-state index in [1.165, 1.54) is 6.92 Å². The van der Waals surface area contributed by atoms with Gasteiger partial charge in [0.2, 0.25) is 5.91 Å². The Bertz CT molecular complexity index is 407. The number of anilines is 1. The number of amides is 1. The third-order valence-electron chi connectivity index (χ3n) is 2.84. The van der Waals surface area contributed by atoms with Crippen molar-refractivity contribution >= 4 is 11.6 Å². The van der Waals surface area contributed by atoms with Gasteiger partial charge in [0.15, 0.2) is 0 Å². The number of benzene rings is 1. The number of aliphatic hydroxyl groups is 1. The molecule has 1 aromatic rings. The van der Waals surface area contributed by atoms with E-state index in [1.54, 1.807) is 12.1 Å². The lowest BCUT2D eigenvalue weighted by atomic mass is 9.82. The first-order valence-electron chi connectivity index (χ1n) is 6.03. The van der Waals surface area contributed by atoms with E-state index in [1.807, 2.05) is 32.9 Å². The van der Waals surface area contributed by atoms with Crippen LogP contribution < -0.4 is 11.1 Å². The van der Waals surface area contributed by atoms with Crippen LogP contribution in [0, 0.1) is 5.41 Å². The molecule has 100 valence electrons. The van der Waals surface area contributed by atoms with Crippen LogP contribution in [0.2, 0.25) is 0 Å². The first-order chi connectivity index (χ1) is 8.21. The first kappa shape index (κ1) is 14.7. The van der Waals surface area contributed by atoms with Crippen LogP contribution in [0.5, 0.6) is 0 Å². The molecule has 4 N–H and O–H groups in total. The molecule has 1 amide bonds. The third kappa shape index (κ3) is 3.82. The summed E-state index contributed by atoms with van der Waals surface area (Å²) in [6.07, 6.45) is -0.621. The van der Waals surface area contributed by atoms with E-state index in [0.717, 1.165) is 11.3 Å². The molecule has 4 nitrogen and oxygen atoms in total. The number of hydrogen-bond acceptors (Lipinski definition) is 3. The Labute approximate surface area is 108 Å². The van der Waals surface area contributed by atoms with Crippen molar-refractivity contribution in [3.8, 4) is 0 Å². The fourth-order valence-corrected chi connectivity index (χ4v) is 1.71. The minimum Gasteiger partial charge on any atom is -0.391 e. The van der Waals surface area contributed by atoms with E-state index in [9.17, 15) is 9.90 Å². The molecule has 0 aliphatic carbocycles. The van der Waals surface area contributed by atoms with Gasteiger partial charge in [-0.15, -0.1) is 0 Å². The SMILES string of the molecule is CC(=O)Nc1ccc([C@@H](N)[C@@H](O)C(C)(C)C)cc1. The van der Waals surface area contributed by atoms with Crippen LogP contribution >= 0.6 is 0 Å². The summed E-state index contributed by atoms with van der Waals surface area (Å²) in [6.45, 7) is 7.30. The number of nitrogens with one attached hydrogen (secondary N) is 1. The maximum absolute atomic E-state index is 10.9. The molecule has 0 bridgehead atoms. The Balaban J connectivity index is 2.82. The predicted molar refractivity (Wildman–Crippen MR) is 73.1 cm³/mol. The van der Waals surface area contributed by atoms with Crippen LogP contribution in [0.3, 0.4) is 0 Å². The van der Waals surface area contributed by atoms with Gasteiger partial charge in [-0.2, -0.15) is 0 Å². The van der Waals surface area contributed by atoms with Gasteiger partial charge in [-0.3, -0.25) is 4.79 Å². The summed E-state index contributed by atoms with van der Waals surface area (Å²) in [6, 6.07) is 6.78. The number of nitrogens with two attached hydrogens (primary N) is 1. The molecule has 0 fully saturated rings. The molecule has 0 aliphatic rings. The van der Waals surface area contributed by atoms with Crippen molar-refractivity contribution in [1.82, 2.24) is 0 Å². The molecule has 0 saturated heterocycles. The van der Waals surface area contributed by atoms with E-state index in [4.69, 9.17) is 5.73 Å². The van der Waals surface area contributed by atoms with Crippen molar-refractivity contribution in [2.75, 3.05) is 5.32 Å². The summed E-state index contributed by atoms with van der Waals surface area (Å²) in [5.74, 6) is -0.109. The van der Waals surface area contributed by atoms with Gasteiger partial charge in [-0.1, -0.05) is 32.9 Å². The monoisotopic (exact) mass is 250 g/mol. The highest BCUT2D eigenvalue weighted by Crippen LogP contribution is 2.28. The lowest BCUT2D eigenvalue weighted by molar-refractivity contribution is -0.114. The van der Waals surface area contributed by atoms with Crippen molar-refractivity contribution in [1.29, 1.82) is 0 Å². The van der Waals surface area contributed by atoms with Gasteiger partial charge in [0, 0.05) is 12.6 Å². The molecule has 0 spiro atoms. The molecule has 1 aromatic carbocycles. The van der Waals surface area contributed by atoms with Crippen molar-refractivity contribution in [2.45, 2.75) is 39.8 Å². The smallest absolute Gasteiger partial charge is 0.221 e. The Hall–Kier alpha value is -1.39. The quantitative estimate of drug-likeness (QED) is 0.768. The molecular weight excluding hydrogens is 228 g/mol. The molecule has 0 saturated carbocycles. The summed E-state index contributed by atoms with van der Waals surface area (Å²) in [5.41, 5.74) is 7.35. The molecule has 0 unspecified atom stereocenters. The highest BCUT2D eigenvalue weighted by molar-refractivity contribution is 5.88. The summed E-state index contributed by atoms with van der Waals surface area (Å²) in [4.78, 5) is 10.9. The normalized spacial score (nSPS) is 15.0. The van der Waals surface area contributed by atoms with Crippen molar-refractivity contribution in [3.05, 3.63) is 29.8 Å². The van der Waals surface area contributed by atoms with Gasteiger partial charge in [0.1, 0.15) is 0 Å². The summed E-state index contributed by atoms with van der Waals surface area (Å²) in [5, 5.41) is 12.8. The van der Waals surface area contributed by atoms with Crippen LogP contribution in [0.4, 0.5) is 5.69 Å². The van der Waals surface area contributed by atoms with Gasteiger partial charge < -0.3 is 16.2 Å². The van der Waals surface area contributed by atoms with Crippen molar-refractivity contribution in [3.63, 3.8) is 0 Å². The molecule has 1 rings (SSSR count). The summed E-state index contributed by atoms with van der Waals surface area (Å²) < 4.78 is 0. The van der Waals surface area contributed by atoms with Crippen molar-refractivity contribution < 1.29 is 9.90 Å². The van der Waals surface area contributed by atoms with E-state index in [2.05, 4.69) is 5.32 Å². The zero-order valence-electron chi connectivity index (χ0n) is 11.4. The lowest BCUT2D eigenvalue weighted by Gasteiger charge is -2.31. The fourth-order valence-electron chi connectivity index (χ4n) is 1.71. The summed E-state index contributed by atoms with van der Waals surface area (Å²) >= 11 is 0. The Kier molecular flexibility index (Phi) is 4.48. The van der Waals surface area contributed by atoms with E-state index >= 15 is 0 Å². The van der Waals surface area contributed by atoms with Gasteiger partial charge in [0.25, 0.3) is 0 Å². The predicted octanol–water partition coefficient (Wildman–Crippen LogP) is 2.05. The van der Waals surface area contributed by atoms with Crippen LogP contribution in [-0.4, -0.2) is 17.1 Å². The topological polar surface area (TPSA) is 75.4 Å². The zero-order valence-corrected chi connectivity index (χ0v) is 11.4. The Morgan fingerprint density at radius 1 is 1.28 bits per heavy atom. The Morgan fingerprint density at radius 3 is 2.17 bits per heavy atom. The molecular formula is C14H22N2O2. The van der Waals surface area contributed by atoms with Gasteiger partial charge in [-0.25, -0.2) is 0 Å². The molecule has 4 heteroatoms. The van der Waals surface area contributed by atoms with Crippen LogP contribution in [-0.2, 0) is 4.79 Å². The highest BCUT2D eigenvalue weighted by atomic mass is 16.3. The minimum absolute atomic E-state index is 0.109. The molecule has 2 atom stereocenters. The highest BCUT2D eigenvalue weighted by Gasteiger charge is 2.28. The summed E-state index contributed by atoms with van der Waals surface area (Å²) in [7, 11) is 0. The van der Waals surface area contributed by atoms with E-state index in [0.29, 0.717) is 0 Å². The fraction of sp³-hybridized carbons (Fsp3) is 0.500. The van der Waals surface area contributed by atoms with Gasteiger partial charge >= 0.3 is 0 Å². The largest absolute Gasteiger partial charge is 0.391 e. The molecule has 0 heterocycles. The maximum Gasteiger partial charge on any atom is 0.221 e. The number of hydrogen-bond donors (Lipinski definition) is 3. The van der Waals surface area contributed by atoms with Crippen LogP contribution in [0.25, 0.3) is 0 Å². The standard InChI is InChI=1S/C14H22N2O2/c1-9(17)16-11-7-5-10(6-8-11)12(15)13(18)14(2,3)4/h5-8,12-13,18H,15H2,1-4H3,(H,16,17)/t12-,13-/m1/s1. The second-order valence-corrected chi connectivity index (χ2v) is 5.64. The van der Waals surface area contributed by atoms with Crippen LogP contribution in [0.1, 0.15) is 39.3 Å². The Morgan fingerprint density at radius 2 is 1.78 bits per heavy atom. The number of aliphatic hydroxyl groups excluding tert-OH is 1. The second-order valence-electron chi connectivity index (χ2n) is 5.64. The lowest BCUT2D eigenvalue weighted by Crippen LogP contribution is -2.36.